The highest BCUT2D eigenvalue weighted by atomic mass is 16.5. The molecular formula is C9H19NO. The molecule has 0 aromatic rings. The molecule has 1 fully saturated rings. The minimum Gasteiger partial charge on any atom is -0.378 e. The van der Waals surface area contributed by atoms with Gasteiger partial charge in [-0.05, 0) is 32.1 Å². The number of hydrogen-bond acceptors (Lipinski definition) is 2. The van der Waals surface area contributed by atoms with Gasteiger partial charge in [-0.1, -0.05) is 6.92 Å². The van der Waals surface area contributed by atoms with E-state index in [4.69, 9.17) is 10.5 Å². The number of ether oxygens (including phenoxy) is 1. The third-order valence-corrected chi connectivity index (χ3v) is 2.28. The van der Waals surface area contributed by atoms with Crippen LogP contribution in [0.15, 0.2) is 0 Å². The maximum absolute atomic E-state index is 5.77. The second-order valence-electron chi connectivity index (χ2n) is 3.41. The maximum Gasteiger partial charge on any atom is 0.0576 e. The number of hydrogen-bond donors (Lipinski definition) is 1. The van der Waals surface area contributed by atoms with E-state index >= 15 is 0 Å². The summed E-state index contributed by atoms with van der Waals surface area (Å²) >= 11 is 0. The third kappa shape index (κ3) is 3.21. The highest BCUT2D eigenvalue weighted by molar-refractivity contribution is 4.74. The minimum atomic E-state index is 0.441. The lowest BCUT2D eigenvalue weighted by atomic mass is 9.94. The van der Waals surface area contributed by atoms with Crippen LogP contribution >= 0.6 is 0 Å². The van der Waals surface area contributed by atoms with Crippen molar-refractivity contribution in [2.45, 2.75) is 51.2 Å². The van der Waals surface area contributed by atoms with Gasteiger partial charge in [0.05, 0.1) is 6.10 Å². The van der Waals surface area contributed by atoms with Gasteiger partial charge in [0.2, 0.25) is 0 Å². The van der Waals surface area contributed by atoms with E-state index in [1.165, 1.54) is 12.8 Å². The molecule has 2 heteroatoms. The molecule has 0 unspecified atom stereocenters. The molecule has 2 N–H and O–H groups in total. The topological polar surface area (TPSA) is 35.2 Å². The first-order valence-electron chi connectivity index (χ1n) is 4.70. The normalized spacial score (nSPS) is 32.2. The van der Waals surface area contributed by atoms with Crippen molar-refractivity contribution in [2.75, 3.05) is 6.61 Å². The second-order valence-corrected chi connectivity index (χ2v) is 3.41. The molecule has 2 nitrogen and oxygen atoms in total. The van der Waals surface area contributed by atoms with E-state index in [9.17, 15) is 0 Å². The SMILES string of the molecule is CCCOC1CCC(N)CC1. The summed E-state index contributed by atoms with van der Waals surface area (Å²) in [5.74, 6) is 0. The summed E-state index contributed by atoms with van der Waals surface area (Å²) in [6.45, 7) is 3.06. The van der Waals surface area contributed by atoms with Crippen LogP contribution in [-0.4, -0.2) is 18.8 Å². The number of rotatable bonds is 3. The van der Waals surface area contributed by atoms with Crippen LogP contribution in [0, 0.1) is 0 Å². The molecule has 0 saturated heterocycles. The van der Waals surface area contributed by atoms with E-state index in [-0.39, 0.29) is 0 Å². The molecule has 0 atom stereocenters. The molecular weight excluding hydrogens is 138 g/mol. The van der Waals surface area contributed by atoms with Crippen molar-refractivity contribution < 1.29 is 4.74 Å². The van der Waals surface area contributed by atoms with Gasteiger partial charge in [-0.15, -0.1) is 0 Å². The van der Waals surface area contributed by atoms with Gasteiger partial charge < -0.3 is 10.5 Å². The van der Waals surface area contributed by atoms with E-state index < -0.39 is 0 Å². The second kappa shape index (κ2) is 4.73. The van der Waals surface area contributed by atoms with E-state index in [0.29, 0.717) is 12.1 Å². The Morgan fingerprint density at radius 3 is 2.45 bits per heavy atom. The zero-order chi connectivity index (χ0) is 8.10. The van der Waals surface area contributed by atoms with Crippen LogP contribution in [0.4, 0.5) is 0 Å². The summed E-state index contributed by atoms with van der Waals surface area (Å²) in [4.78, 5) is 0. The van der Waals surface area contributed by atoms with Crippen LogP contribution in [0.3, 0.4) is 0 Å². The fraction of sp³-hybridized carbons (Fsp3) is 1.00. The zero-order valence-electron chi connectivity index (χ0n) is 7.38. The maximum atomic E-state index is 5.77. The van der Waals surface area contributed by atoms with Crippen LogP contribution in [-0.2, 0) is 4.74 Å². The van der Waals surface area contributed by atoms with Crippen molar-refractivity contribution in [3.8, 4) is 0 Å². The van der Waals surface area contributed by atoms with Gasteiger partial charge in [0.15, 0.2) is 0 Å². The largest absolute Gasteiger partial charge is 0.378 e. The van der Waals surface area contributed by atoms with Crippen molar-refractivity contribution in [2.24, 2.45) is 5.73 Å². The molecule has 11 heavy (non-hydrogen) atoms. The molecule has 0 aliphatic heterocycles. The van der Waals surface area contributed by atoms with Gasteiger partial charge in [-0.2, -0.15) is 0 Å². The van der Waals surface area contributed by atoms with Gasteiger partial charge in [-0.25, -0.2) is 0 Å². The lowest BCUT2D eigenvalue weighted by Gasteiger charge is -2.25. The molecule has 0 spiro atoms. The predicted octanol–water partition coefficient (Wildman–Crippen LogP) is 1.68. The molecule has 1 aliphatic carbocycles. The van der Waals surface area contributed by atoms with Gasteiger partial charge >= 0.3 is 0 Å². The van der Waals surface area contributed by atoms with Crippen LogP contribution in [0.2, 0.25) is 0 Å². The van der Waals surface area contributed by atoms with Crippen LogP contribution in [0.25, 0.3) is 0 Å². The first kappa shape index (κ1) is 9.01. The third-order valence-electron chi connectivity index (χ3n) is 2.28. The standard InChI is InChI=1S/C9H19NO/c1-2-7-11-9-5-3-8(10)4-6-9/h8-9H,2-7,10H2,1H3. The van der Waals surface area contributed by atoms with Gasteiger partial charge in [0.25, 0.3) is 0 Å². The molecule has 66 valence electrons. The van der Waals surface area contributed by atoms with Crippen LogP contribution in [0.5, 0.6) is 0 Å². The summed E-state index contributed by atoms with van der Waals surface area (Å²) < 4.78 is 5.62. The fourth-order valence-electron chi connectivity index (χ4n) is 1.54. The first-order valence-corrected chi connectivity index (χ1v) is 4.70. The Balaban J connectivity index is 2.07. The van der Waals surface area contributed by atoms with Crippen LogP contribution in [0.1, 0.15) is 39.0 Å². The average molecular weight is 157 g/mol. The molecule has 1 rings (SSSR count). The highest BCUT2D eigenvalue weighted by Gasteiger charge is 2.17. The smallest absolute Gasteiger partial charge is 0.0576 e. The van der Waals surface area contributed by atoms with Gasteiger partial charge in [-0.3, -0.25) is 0 Å². The highest BCUT2D eigenvalue weighted by Crippen LogP contribution is 2.19. The molecule has 1 aliphatic rings. The Kier molecular flexibility index (Phi) is 3.87. The van der Waals surface area contributed by atoms with Crippen molar-refractivity contribution in [1.82, 2.24) is 0 Å². The van der Waals surface area contributed by atoms with Crippen molar-refractivity contribution in [3.63, 3.8) is 0 Å². The summed E-state index contributed by atoms with van der Waals surface area (Å²) in [5, 5.41) is 0. The zero-order valence-corrected chi connectivity index (χ0v) is 7.38. The molecule has 0 radical (unpaired) electrons. The molecule has 0 aromatic carbocycles. The molecule has 0 aromatic heterocycles. The quantitative estimate of drug-likeness (QED) is 0.676. The Bertz CT molecular complexity index is 95.0. The van der Waals surface area contributed by atoms with E-state index in [1.807, 2.05) is 0 Å². The average Bonchev–Trinajstić information content (AvgIpc) is 2.04. The lowest BCUT2D eigenvalue weighted by molar-refractivity contribution is 0.0256. The van der Waals surface area contributed by atoms with Gasteiger partial charge in [0, 0.05) is 12.6 Å². The summed E-state index contributed by atoms with van der Waals surface area (Å²) in [6, 6.07) is 0.441. The van der Waals surface area contributed by atoms with Crippen LogP contribution < -0.4 is 5.73 Å². The van der Waals surface area contributed by atoms with Crippen molar-refractivity contribution in [1.29, 1.82) is 0 Å². The van der Waals surface area contributed by atoms with E-state index in [2.05, 4.69) is 6.92 Å². The Morgan fingerprint density at radius 1 is 1.27 bits per heavy atom. The monoisotopic (exact) mass is 157 g/mol. The Hall–Kier alpha value is -0.0800. The summed E-state index contributed by atoms with van der Waals surface area (Å²) in [7, 11) is 0. The molecule has 0 heterocycles. The molecule has 0 amide bonds. The van der Waals surface area contributed by atoms with Gasteiger partial charge in [0.1, 0.15) is 0 Å². The van der Waals surface area contributed by atoms with Crippen molar-refractivity contribution >= 4 is 0 Å². The fourth-order valence-corrected chi connectivity index (χ4v) is 1.54. The number of nitrogens with two attached hydrogens (primary N) is 1. The molecule has 0 bridgehead atoms. The minimum absolute atomic E-state index is 0.441. The van der Waals surface area contributed by atoms with Crippen molar-refractivity contribution in [3.05, 3.63) is 0 Å². The Morgan fingerprint density at radius 2 is 1.91 bits per heavy atom. The van der Waals surface area contributed by atoms with E-state index in [0.717, 1.165) is 25.9 Å². The van der Waals surface area contributed by atoms with E-state index in [1.54, 1.807) is 0 Å². The summed E-state index contributed by atoms with van der Waals surface area (Å²) in [6.07, 6.45) is 6.27. The first-order chi connectivity index (χ1) is 5.33. The predicted molar refractivity (Wildman–Crippen MR) is 46.5 cm³/mol. The summed E-state index contributed by atoms with van der Waals surface area (Å²) in [5.41, 5.74) is 5.77. The lowest BCUT2D eigenvalue weighted by Crippen LogP contribution is -2.30. The Labute approximate surface area is 69.1 Å². The molecule has 1 saturated carbocycles.